The molecule has 0 aliphatic rings. The van der Waals surface area contributed by atoms with Gasteiger partial charge in [-0.1, -0.05) is 24.3 Å². The van der Waals surface area contributed by atoms with Crippen LogP contribution in [0.1, 0.15) is 0 Å². The maximum absolute atomic E-state index is 11.9. The Bertz CT molecular complexity index is 1260. The zero-order valence-electron chi connectivity index (χ0n) is 15.0. The number of amides is 1. The minimum Gasteiger partial charge on any atom is -0.478 e. The molecule has 4 rings (SSSR count). The molecule has 0 aliphatic carbocycles. The molecule has 2 aromatic carbocycles. The predicted octanol–water partition coefficient (Wildman–Crippen LogP) is 3.50. The summed E-state index contributed by atoms with van der Waals surface area (Å²) in [6.45, 7) is 0. The van der Waals surface area contributed by atoms with Crippen LogP contribution >= 0.6 is 0 Å². The van der Waals surface area contributed by atoms with E-state index in [1.807, 2.05) is 30.3 Å². The van der Waals surface area contributed by atoms with E-state index in [0.29, 0.717) is 28.2 Å². The minimum atomic E-state index is -1.19. The third kappa shape index (κ3) is 4.01. The normalized spacial score (nSPS) is 11.0. The molecule has 0 radical (unpaired) electrons. The van der Waals surface area contributed by atoms with Crippen molar-refractivity contribution < 1.29 is 14.7 Å². The van der Waals surface area contributed by atoms with Crippen molar-refractivity contribution in [2.24, 2.45) is 0 Å². The lowest BCUT2D eigenvalue weighted by Gasteiger charge is -2.11. The van der Waals surface area contributed by atoms with Crippen LogP contribution in [0.5, 0.6) is 0 Å². The molecular formula is C21H15N5O3. The number of rotatable bonds is 5. The Morgan fingerprint density at radius 3 is 2.59 bits per heavy atom. The molecule has 0 unspecified atom stereocenters. The number of carboxylic acids is 1. The fourth-order valence-electron chi connectivity index (χ4n) is 2.90. The summed E-state index contributed by atoms with van der Waals surface area (Å²) in [6, 6.07) is 14.9. The molecule has 0 spiro atoms. The molecule has 29 heavy (non-hydrogen) atoms. The van der Waals surface area contributed by atoms with Gasteiger partial charge in [0.15, 0.2) is 0 Å². The summed E-state index contributed by atoms with van der Waals surface area (Å²) in [5.41, 5.74) is 1.17. The van der Waals surface area contributed by atoms with E-state index in [0.717, 1.165) is 22.9 Å². The number of pyridine rings is 1. The van der Waals surface area contributed by atoms with Crippen LogP contribution in [0.15, 0.2) is 73.2 Å². The number of aromatic nitrogens is 3. The van der Waals surface area contributed by atoms with Gasteiger partial charge in [-0.15, -0.1) is 0 Å². The molecule has 0 atom stereocenters. The summed E-state index contributed by atoms with van der Waals surface area (Å²) in [7, 11) is 0. The fourth-order valence-corrected chi connectivity index (χ4v) is 2.90. The van der Waals surface area contributed by atoms with Gasteiger partial charge in [0.25, 0.3) is 0 Å². The van der Waals surface area contributed by atoms with E-state index in [1.54, 1.807) is 24.4 Å². The number of carboxylic acid groups (broad SMARTS) is 1. The number of fused-ring (bicyclic) bond motifs is 2. The van der Waals surface area contributed by atoms with Crippen molar-refractivity contribution in [3.63, 3.8) is 0 Å². The van der Waals surface area contributed by atoms with Gasteiger partial charge in [0.1, 0.15) is 18.0 Å². The van der Waals surface area contributed by atoms with E-state index in [1.165, 1.54) is 6.33 Å². The van der Waals surface area contributed by atoms with Gasteiger partial charge < -0.3 is 15.7 Å². The molecule has 2 aromatic heterocycles. The van der Waals surface area contributed by atoms with E-state index in [-0.39, 0.29) is 0 Å². The van der Waals surface area contributed by atoms with Gasteiger partial charge in [-0.2, -0.15) is 0 Å². The first-order valence-electron chi connectivity index (χ1n) is 8.68. The first-order valence-corrected chi connectivity index (χ1v) is 8.68. The van der Waals surface area contributed by atoms with Crippen LogP contribution in [0.2, 0.25) is 0 Å². The average Bonchev–Trinajstić information content (AvgIpc) is 2.73. The van der Waals surface area contributed by atoms with Crippen molar-refractivity contribution in [3.05, 3.63) is 73.2 Å². The summed E-state index contributed by atoms with van der Waals surface area (Å²) < 4.78 is 0. The second kappa shape index (κ2) is 7.73. The van der Waals surface area contributed by atoms with Crippen molar-refractivity contribution in [1.82, 2.24) is 15.0 Å². The SMILES string of the molecule is O=C(O)C=CC(=O)Nc1ccc2ncnc(Nc3nccc4ccccc34)c2c1. The van der Waals surface area contributed by atoms with Gasteiger partial charge in [0.2, 0.25) is 5.91 Å². The number of nitrogens with one attached hydrogen (secondary N) is 2. The lowest BCUT2D eigenvalue weighted by Crippen LogP contribution is -2.08. The number of hydrogen-bond donors (Lipinski definition) is 3. The Balaban J connectivity index is 1.69. The summed E-state index contributed by atoms with van der Waals surface area (Å²) >= 11 is 0. The number of nitrogens with zero attached hydrogens (tertiary/aromatic N) is 3. The van der Waals surface area contributed by atoms with Crippen LogP contribution < -0.4 is 10.6 Å². The van der Waals surface area contributed by atoms with Gasteiger partial charge in [0, 0.05) is 34.8 Å². The second-order valence-corrected chi connectivity index (χ2v) is 6.12. The molecule has 142 valence electrons. The highest BCUT2D eigenvalue weighted by molar-refractivity contribution is 6.04. The Morgan fingerprint density at radius 1 is 0.897 bits per heavy atom. The van der Waals surface area contributed by atoms with Gasteiger partial charge in [-0.25, -0.2) is 19.7 Å². The maximum atomic E-state index is 11.9. The molecule has 4 aromatic rings. The van der Waals surface area contributed by atoms with Crippen LogP contribution in [0, 0.1) is 0 Å². The average molecular weight is 385 g/mol. The smallest absolute Gasteiger partial charge is 0.328 e. The highest BCUT2D eigenvalue weighted by Crippen LogP contribution is 2.28. The monoisotopic (exact) mass is 385 g/mol. The topological polar surface area (TPSA) is 117 Å². The van der Waals surface area contributed by atoms with Crippen LogP contribution in [0.25, 0.3) is 21.7 Å². The molecule has 0 fully saturated rings. The Morgan fingerprint density at radius 2 is 1.72 bits per heavy atom. The number of hydrogen-bond acceptors (Lipinski definition) is 6. The predicted molar refractivity (Wildman–Crippen MR) is 110 cm³/mol. The molecule has 1 amide bonds. The molecule has 0 saturated carbocycles. The highest BCUT2D eigenvalue weighted by atomic mass is 16.4. The molecule has 0 aliphatic heterocycles. The van der Waals surface area contributed by atoms with Gasteiger partial charge in [-0.3, -0.25) is 4.79 Å². The van der Waals surface area contributed by atoms with E-state index in [2.05, 4.69) is 25.6 Å². The van der Waals surface area contributed by atoms with E-state index >= 15 is 0 Å². The van der Waals surface area contributed by atoms with Crippen LogP contribution in [-0.2, 0) is 9.59 Å². The summed E-state index contributed by atoms with van der Waals surface area (Å²) in [6.07, 6.45) is 4.89. The molecule has 0 bridgehead atoms. The molecule has 3 N–H and O–H groups in total. The lowest BCUT2D eigenvalue weighted by atomic mass is 10.1. The summed E-state index contributed by atoms with van der Waals surface area (Å²) in [5, 5.41) is 17.2. The van der Waals surface area contributed by atoms with Crippen LogP contribution in [0.3, 0.4) is 0 Å². The maximum Gasteiger partial charge on any atom is 0.328 e. The van der Waals surface area contributed by atoms with Crippen molar-refractivity contribution in [3.8, 4) is 0 Å². The van der Waals surface area contributed by atoms with Gasteiger partial charge in [-0.05, 0) is 29.7 Å². The van der Waals surface area contributed by atoms with Crippen LogP contribution in [-0.4, -0.2) is 31.9 Å². The Labute approximate surface area is 164 Å². The van der Waals surface area contributed by atoms with Crippen molar-refractivity contribution >= 4 is 50.9 Å². The molecule has 0 saturated heterocycles. The van der Waals surface area contributed by atoms with E-state index < -0.39 is 11.9 Å². The van der Waals surface area contributed by atoms with Crippen molar-refractivity contribution in [2.75, 3.05) is 10.6 Å². The number of benzene rings is 2. The quantitative estimate of drug-likeness (QED) is 0.450. The van der Waals surface area contributed by atoms with Crippen molar-refractivity contribution in [1.29, 1.82) is 0 Å². The Kier molecular flexibility index (Phi) is 4.81. The minimum absolute atomic E-state index is 0.487. The highest BCUT2D eigenvalue weighted by Gasteiger charge is 2.09. The summed E-state index contributed by atoms with van der Waals surface area (Å²) in [5.74, 6) is -0.548. The summed E-state index contributed by atoms with van der Waals surface area (Å²) in [4.78, 5) is 35.4. The Hall–Kier alpha value is -4.33. The molecule has 8 nitrogen and oxygen atoms in total. The first-order chi connectivity index (χ1) is 14.1. The zero-order valence-corrected chi connectivity index (χ0v) is 15.0. The van der Waals surface area contributed by atoms with E-state index in [9.17, 15) is 9.59 Å². The number of anilines is 3. The molecule has 8 heteroatoms. The third-order valence-electron chi connectivity index (χ3n) is 4.19. The standard InChI is InChI=1S/C21H15N5O3/c27-18(7-8-19(28)29)25-14-5-6-17-16(11-14)21(24-12-23-17)26-20-15-4-2-1-3-13(15)9-10-22-20/h1-12H,(H,25,27)(H,28,29)(H,22,23,24,26). The second-order valence-electron chi connectivity index (χ2n) is 6.12. The molecular weight excluding hydrogens is 370 g/mol. The number of carbonyl (C=O) groups excluding carboxylic acids is 1. The third-order valence-corrected chi connectivity index (χ3v) is 4.19. The molecule has 2 heterocycles. The van der Waals surface area contributed by atoms with Crippen LogP contribution in [0.4, 0.5) is 17.3 Å². The number of aliphatic carboxylic acids is 1. The van der Waals surface area contributed by atoms with E-state index in [4.69, 9.17) is 5.11 Å². The van der Waals surface area contributed by atoms with Gasteiger partial charge in [0.05, 0.1) is 5.52 Å². The van der Waals surface area contributed by atoms with Gasteiger partial charge >= 0.3 is 5.97 Å². The van der Waals surface area contributed by atoms with Crippen molar-refractivity contribution in [2.45, 2.75) is 0 Å². The number of carbonyl (C=O) groups is 2. The fraction of sp³-hybridized carbons (Fsp3) is 0. The largest absolute Gasteiger partial charge is 0.478 e. The lowest BCUT2D eigenvalue weighted by molar-refractivity contribution is -0.131. The zero-order chi connectivity index (χ0) is 20.2. The first kappa shape index (κ1) is 18.1.